The summed E-state index contributed by atoms with van der Waals surface area (Å²) in [4.78, 5) is 13.4. The van der Waals surface area contributed by atoms with Gasteiger partial charge in [-0.3, -0.25) is 4.79 Å². The van der Waals surface area contributed by atoms with E-state index >= 15 is 0 Å². The second-order valence-corrected chi connectivity index (χ2v) is 7.74. The first-order valence-electron chi connectivity index (χ1n) is 8.14. The second kappa shape index (κ2) is 8.96. The smallest absolute Gasteiger partial charge is 0.174 e. The SMILES string of the molecule is COc1ccc(C(CC(=O)c2cccs2)SCc2ccco2)cc1OC. The molecule has 3 rings (SSSR count). The number of Topliss-reactive ketones (excluding diaryl/α,β-unsaturated/α-hetero) is 1. The van der Waals surface area contributed by atoms with Crippen molar-refractivity contribution in [1.82, 2.24) is 0 Å². The van der Waals surface area contributed by atoms with E-state index in [9.17, 15) is 4.79 Å². The van der Waals surface area contributed by atoms with Crippen molar-refractivity contribution in [2.24, 2.45) is 0 Å². The lowest BCUT2D eigenvalue weighted by atomic mass is 10.1. The lowest BCUT2D eigenvalue weighted by Crippen LogP contribution is -2.05. The van der Waals surface area contributed by atoms with Crippen molar-refractivity contribution in [1.29, 1.82) is 0 Å². The molecule has 0 aliphatic heterocycles. The zero-order chi connectivity index (χ0) is 18.4. The second-order valence-electron chi connectivity index (χ2n) is 5.60. The molecule has 0 saturated carbocycles. The van der Waals surface area contributed by atoms with Gasteiger partial charge in [0.1, 0.15) is 5.76 Å². The highest BCUT2D eigenvalue weighted by Gasteiger charge is 2.20. The van der Waals surface area contributed by atoms with Crippen LogP contribution in [-0.2, 0) is 5.75 Å². The molecular weight excluding hydrogens is 368 g/mol. The maximum atomic E-state index is 12.6. The first kappa shape index (κ1) is 18.6. The molecule has 0 N–H and O–H groups in total. The zero-order valence-corrected chi connectivity index (χ0v) is 16.3. The molecule has 26 heavy (non-hydrogen) atoms. The minimum atomic E-state index is -0.00509. The number of rotatable bonds is 9. The van der Waals surface area contributed by atoms with Gasteiger partial charge in [0.2, 0.25) is 0 Å². The van der Waals surface area contributed by atoms with E-state index in [1.165, 1.54) is 11.3 Å². The number of thioether (sulfide) groups is 1. The lowest BCUT2D eigenvalue weighted by molar-refractivity contribution is 0.0986. The lowest BCUT2D eigenvalue weighted by Gasteiger charge is -2.18. The number of carbonyl (C=O) groups excluding carboxylic acids is 1. The van der Waals surface area contributed by atoms with E-state index in [1.54, 1.807) is 32.2 Å². The number of carbonyl (C=O) groups is 1. The Hall–Kier alpha value is -2.18. The molecule has 1 aromatic carbocycles. The minimum Gasteiger partial charge on any atom is -0.493 e. The topological polar surface area (TPSA) is 48.7 Å². The van der Waals surface area contributed by atoms with Crippen molar-refractivity contribution < 1.29 is 18.7 Å². The number of methoxy groups -OCH3 is 2. The molecule has 1 atom stereocenters. The summed E-state index contributed by atoms with van der Waals surface area (Å²) in [5, 5.41) is 1.92. The van der Waals surface area contributed by atoms with Crippen molar-refractivity contribution >= 4 is 28.9 Å². The number of hydrogen-bond acceptors (Lipinski definition) is 6. The van der Waals surface area contributed by atoms with Gasteiger partial charge in [-0.2, -0.15) is 0 Å². The van der Waals surface area contributed by atoms with Gasteiger partial charge in [-0.05, 0) is 41.3 Å². The zero-order valence-electron chi connectivity index (χ0n) is 14.6. The van der Waals surface area contributed by atoms with E-state index in [-0.39, 0.29) is 11.0 Å². The molecular formula is C20H20O4S2. The average Bonchev–Trinajstić information content (AvgIpc) is 3.38. The predicted molar refractivity (Wildman–Crippen MR) is 106 cm³/mol. The van der Waals surface area contributed by atoms with Crippen LogP contribution in [0.5, 0.6) is 11.5 Å². The molecule has 2 aromatic heterocycles. The van der Waals surface area contributed by atoms with E-state index in [1.807, 2.05) is 47.8 Å². The molecule has 0 spiro atoms. The third-order valence-corrected chi connectivity index (χ3v) is 6.16. The molecule has 2 heterocycles. The number of furan rings is 1. The third-order valence-electron chi connectivity index (χ3n) is 3.95. The standard InChI is InChI=1S/C20H20O4S2/c1-22-17-8-7-14(11-18(17)23-2)20(26-13-15-5-3-9-24-15)12-16(21)19-6-4-10-25-19/h3-11,20H,12-13H2,1-2H3. The number of ether oxygens (including phenoxy) is 2. The molecule has 1 unspecified atom stereocenters. The monoisotopic (exact) mass is 388 g/mol. The van der Waals surface area contributed by atoms with Crippen LogP contribution in [0.2, 0.25) is 0 Å². The highest BCUT2D eigenvalue weighted by molar-refractivity contribution is 7.98. The van der Waals surface area contributed by atoms with Gasteiger partial charge < -0.3 is 13.9 Å². The third kappa shape index (κ3) is 4.51. The summed E-state index contributed by atoms with van der Waals surface area (Å²) in [6.45, 7) is 0. The van der Waals surface area contributed by atoms with Crippen molar-refractivity contribution in [2.45, 2.75) is 17.4 Å². The van der Waals surface area contributed by atoms with Gasteiger partial charge in [0, 0.05) is 11.7 Å². The fourth-order valence-corrected chi connectivity index (χ4v) is 4.42. The summed E-state index contributed by atoms with van der Waals surface area (Å²) in [5.74, 6) is 3.08. The van der Waals surface area contributed by atoms with E-state index in [0.29, 0.717) is 23.7 Å². The van der Waals surface area contributed by atoms with Crippen LogP contribution in [0.3, 0.4) is 0 Å². The maximum absolute atomic E-state index is 12.6. The van der Waals surface area contributed by atoms with Crippen LogP contribution in [0.25, 0.3) is 0 Å². The molecule has 0 radical (unpaired) electrons. The molecule has 0 fully saturated rings. The van der Waals surface area contributed by atoms with Crippen LogP contribution < -0.4 is 9.47 Å². The fraction of sp³-hybridized carbons (Fsp3) is 0.250. The summed E-state index contributed by atoms with van der Waals surface area (Å²) < 4.78 is 16.2. The van der Waals surface area contributed by atoms with Gasteiger partial charge >= 0.3 is 0 Å². The van der Waals surface area contributed by atoms with E-state index in [2.05, 4.69) is 0 Å². The van der Waals surface area contributed by atoms with Gasteiger partial charge in [-0.25, -0.2) is 0 Å². The highest BCUT2D eigenvalue weighted by atomic mass is 32.2. The molecule has 136 valence electrons. The van der Waals surface area contributed by atoms with Crippen LogP contribution in [0.4, 0.5) is 0 Å². The molecule has 0 aliphatic carbocycles. The van der Waals surface area contributed by atoms with Crippen LogP contribution in [-0.4, -0.2) is 20.0 Å². The fourth-order valence-electron chi connectivity index (χ4n) is 2.61. The average molecular weight is 389 g/mol. The Labute approximate surface area is 161 Å². The summed E-state index contributed by atoms with van der Waals surface area (Å²) in [6.07, 6.45) is 2.08. The number of hydrogen-bond donors (Lipinski definition) is 0. The highest BCUT2D eigenvalue weighted by Crippen LogP contribution is 2.39. The van der Waals surface area contributed by atoms with E-state index < -0.39 is 0 Å². The quantitative estimate of drug-likeness (QED) is 0.446. The van der Waals surface area contributed by atoms with Gasteiger partial charge in [0.25, 0.3) is 0 Å². The van der Waals surface area contributed by atoms with Gasteiger partial charge in [-0.15, -0.1) is 23.1 Å². The van der Waals surface area contributed by atoms with Crippen LogP contribution >= 0.6 is 23.1 Å². The maximum Gasteiger partial charge on any atom is 0.174 e. The molecule has 0 amide bonds. The van der Waals surface area contributed by atoms with Crippen LogP contribution in [0.15, 0.2) is 58.5 Å². The number of ketones is 1. The molecule has 4 nitrogen and oxygen atoms in total. The molecule has 0 bridgehead atoms. The minimum absolute atomic E-state index is 0.00509. The summed E-state index contributed by atoms with van der Waals surface area (Å²) in [6, 6.07) is 13.4. The van der Waals surface area contributed by atoms with E-state index in [4.69, 9.17) is 13.9 Å². The Morgan fingerprint density at radius 1 is 1.15 bits per heavy atom. The number of benzene rings is 1. The summed E-state index contributed by atoms with van der Waals surface area (Å²) in [5.41, 5.74) is 1.03. The first-order valence-corrected chi connectivity index (χ1v) is 10.1. The molecule has 0 aliphatic rings. The molecule has 3 aromatic rings. The first-order chi connectivity index (χ1) is 12.7. The van der Waals surface area contributed by atoms with Gasteiger partial charge in [0.15, 0.2) is 17.3 Å². The Morgan fingerprint density at radius 2 is 2.00 bits per heavy atom. The van der Waals surface area contributed by atoms with Gasteiger partial charge in [0.05, 0.1) is 31.1 Å². The summed E-state index contributed by atoms with van der Waals surface area (Å²) >= 11 is 3.16. The Balaban J connectivity index is 1.82. The Morgan fingerprint density at radius 3 is 2.65 bits per heavy atom. The van der Waals surface area contributed by atoms with Crippen molar-refractivity contribution in [3.05, 3.63) is 70.3 Å². The predicted octanol–water partition coefficient (Wildman–Crippen LogP) is 5.61. The van der Waals surface area contributed by atoms with Crippen LogP contribution in [0, 0.1) is 0 Å². The van der Waals surface area contributed by atoms with Crippen molar-refractivity contribution in [2.75, 3.05) is 14.2 Å². The Bertz CT molecular complexity index is 826. The van der Waals surface area contributed by atoms with Crippen molar-refractivity contribution in [3.8, 4) is 11.5 Å². The largest absolute Gasteiger partial charge is 0.493 e. The van der Waals surface area contributed by atoms with Crippen molar-refractivity contribution in [3.63, 3.8) is 0 Å². The van der Waals surface area contributed by atoms with Gasteiger partial charge in [-0.1, -0.05) is 12.1 Å². The van der Waals surface area contributed by atoms with Crippen LogP contribution in [0.1, 0.15) is 32.7 Å². The normalized spacial score (nSPS) is 11.9. The summed E-state index contributed by atoms with van der Waals surface area (Å²) in [7, 11) is 3.23. The molecule has 6 heteroatoms. The van der Waals surface area contributed by atoms with E-state index in [0.717, 1.165) is 16.2 Å². The Kier molecular flexibility index (Phi) is 6.41. The number of thiophene rings is 1. The molecule has 0 saturated heterocycles.